The summed E-state index contributed by atoms with van der Waals surface area (Å²) in [4.78, 5) is 18.8. The van der Waals surface area contributed by atoms with E-state index in [2.05, 4.69) is 29.2 Å². The van der Waals surface area contributed by atoms with Gasteiger partial charge in [-0.05, 0) is 48.4 Å². The van der Waals surface area contributed by atoms with E-state index in [-0.39, 0.29) is 18.6 Å². The van der Waals surface area contributed by atoms with Crippen LogP contribution in [0.5, 0.6) is 5.88 Å². The van der Waals surface area contributed by atoms with E-state index in [1.54, 1.807) is 30.1 Å². The van der Waals surface area contributed by atoms with Gasteiger partial charge in [0.15, 0.2) is 5.65 Å². The van der Waals surface area contributed by atoms with Crippen molar-refractivity contribution in [3.05, 3.63) is 42.5 Å². The molecular formula is C27H42FN5O3. The summed E-state index contributed by atoms with van der Waals surface area (Å²) in [6, 6.07) is 6.52. The zero-order chi connectivity index (χ0) is 26.7. The van der Waals surface area contributed by atoms with Gasteiger partial charge in [0.1, 0.15) is 5.82 Å². The Balaban J connectivity index is 0.00000131. The second kappa shape index (κ2) is 13.8. The number of amides is 1. The van der Waals surface area contributed by atoms with Crippen LogP contribution in [-0.2, 0) is 4.79 Å². The molecule has 1 fully saturated rings. The number of ether oxygens (including phenoxy) is 1. The third-order valence-electron chi connectivity index (χ3n) is 6.72. The monoisotopic (exact) mass is 503 g/mol. The predicted molar refractivity (Wildman–Crippen MR) is 144 cm³/mol. The molecule has 3 heterocycles. The number of hydrogen-bond acceptors (Lipinski definition) is 6. The van der Waals surface area contributed by atoms with Gasteiger partial charge in [0.05, 0.1) is 13.3 Å². The van der Waals surface area contributed by atoms with Crippen LogP contribution in [0.1, 0.15) is 54.8 Å². The molecule has 200 valence electrons. The Bertz CT molecular complexity index is 1120. The number of fused-ring (bicyclic) bond motifs is 1. The molecule has 36 heavy (non-hydrogen) atoms. The zero-order valence-corrected chi connectivity index (χ0v) is 22.3. The average molecular weight is 504 g/mol. The highest BCUT2D eigenvalue weighted by molar-refractivity contribution is 5.79. The maximum absolute atomic E-state index is 14.4. The number of likely N-dealkylation sites (tertiary alicyclic amines) is 1. The number of nitrogens with zero attached hydrogens (tertiary/aromatic N) is 4. The summed E-state index contributed by atoms with van der Waals surface area (Å²) in [6.45, 7) is 10.4. The van der Waals surface area contributed by atoms with E-state index >= 15 is 0 Å². The molecule has 0 aliphatic carbocycles. The summed E-state index contributed by atoms with van der Waals surface area (Å²) >= 11 is 0. The van der Waals surface area contributed by atoms with E-state index < -0.39 is 0 Å². The van der Waals surface area contributed by atoms with Gasteiger partial charge in [-0.15, -0.1) is 0 Å². The van der Waals surface area contributed by atoms with E-state index in [4.69, 9.17) is 9.84 Å². The van der Waals surface area contributed by atoms with Crippen molar-refractivity contribution in [2.45, 2.75) is 53.4 Å². The summed E-state index contributed by atoms with van der Waals surface area (Å²) in [7, 11) is 2.55. The maximum atomic E-state index is 14.4. The Morgan fingerprint density at radius 1 is 1.22 bits per heavy atom. The van der Waals surface area contributed by atoms with Crippen LogP contribution >= 0.6 is 0 Å². The Morgan fingerprint density at radius 3 is 2.61 bits per heavy atom. The molecule has 0 unspecified atom stereocenters. The molecule has 2 aromatic heterocycles. The standard InChI is InChI=1S/C24H30FN5O2.C2H6.CH4O.H2/c1-4-24(5-2)8-6-22(31)29(16-24)11-9-26-19-13-17(12-18(25)14-19)20-15-27-30-10-7-21(32-3)28-23(20)30;2*1-2;/h7,10,12-15,26H,4-6,8-9,11,16H2,1-3H3;1-2H3;2H,1H3;1H. The molecule has 8 nitrogen and oxygen atoms in total. The van der Waals surface area contributed by atoms with Crippen LogP contribution in [0, 0.1) is 11.2 Å². The second-order valence-corrected chi connectivity index (χ2v) is 8.47. The first-order valence-electron chi connectivity index (χ1n) is 12.6. The van der Waals surface area contributed by atoms with Crippen LogP contribution < -0.4 is 10.1 Å². The third kappa shape index (κ3) is 6.72. The minimum absolute atomic E-state index is 0. The lowest BCUT2D eigenvalue weighted by Crippen LogP contribution is -2.47. The SMILES string of the molecule is CC.CCC1(CC)CCC(=O)N(CCNc2cc(F)cc(-c3cnn4ccc(OC)nc34)c2)C1.CO.[HH]. The quantitative estimate of drug-likeness (QED) is 0.435. The number of rotatable bonds is 8. The van der Waals surface area contributed by atoms with Gasteiger partial charge in [-0.3, -0.25) is 4.79 Å². The molecule has 9 heteroatoms. The maximum Gasteiger partial charge on any atom is 0.222 e. The first-order valence-corrected chi connectivity index (χ1v) is 12.6. The Hall–Kier alpha value is -3.20. The zero-order valence-electron chi connectivity index (χ0n) is 22.3. The molecule has 0 bridgehead atoms. The summed E-state index contributed by atoms with van der Waals surface area (Å²) in [6.07, 6.45) is 7.15. The topological polar surface area (TPSA) is 92.0 Å². The lowest BCUT2D eigenvalue weighted by molar-refractivity contribution is -0.137. The lowest BCUT2D eigenvalue weighted by Gasteiger charge is -2.42. The second-order valence-electron chi connectivity index (χ2n) is 8.47. The number of piperidine rings is 1. The molecule has 1 aliphatic rings. The number of benzene rings is 1. The van der Waals surface area contributed by atoms with Crippen molar-refractivity contribution in [2.24, 2.45) is 5.41 Å². The van der Waals surface area contributed by atoms with Gasteiger partial charge in [-0.1, -0.05) is 27.7 Å². The molecule has 0 radical (unpaired) electrons. The summed E-state index contributed by atoms with van der Waals surface area (Å²) < 4.78 is 21.3. The van der Waals surface area contributed by atoms with Crippen molar-refractivity contribution >= 4 is 17.2 Å². The van der Waals surface area contributed by atoms with Gasteiger partial charge in [0.25, 0.3) is 0 Å². The molecule has 1 aliphatic heterocycles. The number of methoxy groups -OCH3 is 1. The lowest BCUT2D eigenvalue weighted by atomic mass is 9.75. The van der Waals surface area contributed by atoms with Crippen molar-refractivity contribution in [3.63, 3.8) is 0 Å². The Kier molecular flexibility index (Phi) is 11.1. The Morgan fingerprint density at radius 2 is 1.94 bits per heavy atom. The molecule has 3 aromatic rings. The summed E-state index contributed by atoms with van der Waals surface area (Å²) in [5.41, 5.74) is 2.86. The van der Waals surface area contributed by atoms with E-state index in [0.29, 0.717) is 47.9 Å². The van der Waals surface area contributed by atoms with E-state index in [1.807, 2.05) is 24.8 Å². The highest BCUT2D eigenvalue weighted by Crippen LogP contribution is 2.36. The first kappa shape index (κ1) is 29.0. The first-order chi connectivity index (χ1) is 17.5. The van der Waals surface area contributed by atoms with Crippen LogP contribution in [0.2, 0.25) is 0 Å². The summed E-state index contributed by atoms with van der Waals surface area (Å²) in [5.74, 6) is 0.323. The van der Waals surface area contributed by atoms with Crippen LogP contribution in [0.3, 0.4) is 0 Å². The van der Waals surface area contributed by atoms with Crippen molar-refractivity contribution in [3.8, 4) is 17.0 Å². The van der Waals surface area contributed by atoms with Crippen LogP contribution in [0.4, 0.5) is 10.1 Å². The summed E-state index contributed by atoms with van der Waals surface area (Å²) in [5, 5.41) is 14.6. The number of nitrogens with one attached hydrogen (secondary N) is 1. The van der Waals surface area contributed by atoms with E-state index in [1.165, 1.54) is 12.1 Å². The molecular weight excluding hydrogens is 461 g/mol. The molecule has 0 saturated carbocycles. The number of halogens is 1. The van der Waals surface area contributed by atoms with Gasteiger partial charge in [0.2, 0.25) is 11.8 Å². The van der Waals surface area contributed by atoms with E-state index in [0.717, 1.165) is 32.9 Å². The fraction of sp³-hybridized carbons (Fsp3) is 0.519. The fourth-order valence-corrected chi connectivity index (χ4v) is 4.49. The van der Waals surface area contributed by atoms with E-state index in [9.17, 15) is 9.18 Å². The largest absolute Gasteiger partial charge is 0.481 e. The van der Waals surface area contributed by atoms with Gasteiger partial charge in [-0.25, -0.2) is 8.91 Å². The minimum Gasteiger partial charge on any atom is -0.481 e. The third-order valence-corrected chi connectivity index (χ3v) is 6.72. The molecule has 0 atom stereocenters. The number of aliphatic hydroxyl groups is 1. The number of hydrogen-bond donors (Lipinski definition) is 2. The minimum atomic E-state index is -0.350. The van der Waals surface area contributed by atoms with Crippen molar-refractivity contribution < 1.29 is 20.5 Å². The molecule has 1 saturated heterocycles. The van der Waals surface area contributed by atoms with Gasteiger partial charge in [-0.2, -0.15) is 10.1 Å². The molecule has 2 N–H and O–H groups in total. The molecule has 4 rings (SSSR count). The average Bonchev–Trinajstić information content (AvgIpc) is 3.35. The van der Waals surface area contributed by atoms with Gasteiger partial charge >= 0.3 is 0 Å². The van der Waals surface area contributed by atoms with Crippen LogP contribution in [0.15, 0.2) is 36.7 Å². The van der Waals surface area contributed by atoms with Gasteiger partial charge in [0, 0.05) is 58.1 Å². The molecule has 0 spiro atoms. The van der Waals surface area contributed by atoms with Gasteiger partial charge < -0.3 is 20.1 Å². The predicted octanol–water partition coefficient (Wildman–Crippen LogP) is 5.27. The van der Waals surface area contributed by atoms with Crippen molar-refractivity contribution in [1.82, 2.24) is 19.5 Å². The Labute approximate surface area is 215 Å². The number of aliphatic hydroxyl groups excluding tert-OH is 1. The number of anilines is 1. The molecule has 1 amide bonds. The smallest absolute Gasteiger partial charge is 0.222 e. The number of carbonyl (C=O) groups is 1. The highest BCUT2D eigenvalue weighted by atomic mass is 19.1. The highest BCUT2D eigenvalue weighted by Gasteiger charge is 2.35. The van der Waals surface area contributed by atoms with Crippen LogP contribution in [0.25, 0.3) is 16.8 Å². The van der Waals surface area contributed by atoms with Crippen molar-refractivity contribution in [2.75, 3.05) is 39.2 Å². The normalized spacial score (nSPS) is 14.4. The van der Waals surface area contributed by atoms with Crippen LogP contribution in [-0.4, -0.2) is 64.4 Å². The number of carbonyl (C=O) groups excluding carboxylic acids is 1. The molecule has 1 aromatic carbocycles. The van der Waals surface area contributed by atoms with Crippen molar-refractivity contribution in [1.29, 1.82) is 0 Å². The fourth-order valence-electron chi connectivity index (χ4n) is 4.49. The number of aromatic nitrogens is 3.